The standard InChI is InChI=1S/C21H24N2O3S/c1-13-5-4-6-19(15(13)3)22-27(25,26)18-9-10-20-17(12-18)11-14(2)23(20)21(24)16-7-8-16/h4-6,9-10,12,14,16,22H,7-8,11H2,1-3H3/t14-/m1/s1. The van der Waals surface area contributed by atoms with Crippen molar-refractivity contribution in [1.82, 2.24) is 0 Å². The highest BCUT2D eigenvalue weighted by atomic mass is 32.2. The molecule has 2 aromatic rings. The maximum atomic E-state index is 12.9. The predicted molar refractivity (Wildman–Crippen MR) is 107 cm³/mol. The van der Waals surface area contributed by atoms with E-state index in [2.05, 4.69) is 4.72 Å². The first-order valence-corrected chi connectivity index (χ1v) is 10.8. The number of carbonyl (C=O) groups is 1. The number of fused-ring (bicyclic) bond motifs is 1. The summed E-state index contributed by atoms with van der Waals surface area (Å²) in [6, 6.07) is 10.7. The molecule has 27 heavy (non-hydrogen) atoms. The molecule has 1 saturated carbocycles. The van der Waals surface area contributed by atoms with Crippen LogP contribution in [0.2, 0.25) is 0 Å². The van der Waals surface area contributed by atoms with E-state index in [1.54, 1.807) is 24.3 Å². The van der Waals surface area contributed by atoms with Gasteiger partial charge in [-0.3, -0.25) is 9.52 Å². The fraction of sp³-hybridized carbons (Fsp3) is 0.381. The number of nitrogens with zero attached hydrogens (tertiary/aromatic N) is 1. The lowest BCUT2D eigenvalue weighted by atomic mass is 10.1. The Morgan fingerprint density at radius 2 is 1.89 bits per heavy atom. The molecule has 1 atom stereocenters. The zero-order valence-corrected chi connectivity index (χ0v) is 16.6. The fourth-order valence-corrected chi connectivity index (χ4v) is 4.88. The number of benzene rings is 2. The van der Waals surface area contributed by atoms with Gasteiger partial charge in [-0.25, -0.2) is 8.42 Å². The molecule has 2 aliphatic rings. The Kier molecular flexibility index (Phi) is 4.26. The summed E-state index contributed by atoms with van der Waals surface area (Å²) < 4.78 is 28.5. The molecule has 1 amide bonds. The van der Waals surface area contributed by atoms with Crippen molar-refractivity contribution in [2.45, 2.75) is 51.0 Å². The normalized spacial score (nSPS) is 19.1. The number of anilines is 2. The summed E-state index contributed by atoms with van der Waals surface area (Å²) in [5.74, 6) is 0.318. The molecule has 142 valence electrons. The number of aryl methyl sites for hydroxylation is 1. The summed E-state index contributed by atoms with van der Waals surface area (Å²) in [4.78, 5) is 14.6. The molecule has 1 aliphatic heterocycles. The van der Waals surface area contributed by atoms with Gasteiger partial charge in [-0.05, 0) is 81.0 Å². The van der Waals surface area contributed by atoms with Gasteiger partial charge in [-0.15, -0.1) is 0 Å². The predicted octanol–water partition coefficient (Wildman–Crippen LogP) is 3.79. The fourth-order valence-electron chi connectivity index (χ4n) is 3.70. The molecule has 1 aliphatic carbocycles. The lowest BCUT2D eigenvalue weighted by Crippen LogP contribution is -2.36. The van der Waals surface area contributed by atoms with Crippen molar-refractivity contribution in [3.8, 4) is 0 Å². The molecule has 1 heterocycles. The zero-order chi connectivity index (χ0) is 19.3. The van der Waals surface area contributed by atoms with Gasteiger partial charge in [-0.2, -0.15) is 0 Å². The van der Waals surface area contributed by atoms with Gasteiger partial charge in [0.15, 0.2) is 0 Å². The van der Waals surface area contributed by atoms with Gasteiger partial charge in [0.25, 0.3) is 10.0 Å². The van der Waals surface area contributed by atoms with Crippen LogP contribution in [0.25, 0.3) is 0 Å². The molecule has 1 N–H and O–H groups in total. The van der Waals surface area contributed by atoms with Crippen LogP contribution in [-0.4, -0.2) is 20.4 Å². The highest BCUT2D eigenvalue weighted by Gasteiger charge is 2.39. The molecule has 4 rings (SSSR count). The molecular formula is C21H24N2O3S. The molecule has 0 saturated heterocycles. The summed E-state index contributed by atoms with van der Waals surface area (Å²) in [6.45, 7) is 5.87. The van der Waals surface area contributed by atoms with Crippen molar-refractivity contribution in [1.29, 1.82) is 0 Å². The minimum Gasteiger partial charge on any atom is -0.309 e. The van der Waals surface area contributed by atoms with Gasteiger partial charge >= 0.3 is 0 Å². The smallest absolute Gasteiger partial charge is 0.261 e. The van der Waals surface area contributed by atoms with Gasteiger partial charge in [0.05, 0.1) is 10.6 Å². The van der Waals surface area contributed by atoms with Gasteiger partial charge in [0.1, 0.15) is 0 Å². The topological polar surface area (TPSA) is 66.5 Å². The van der Waals surface area contributed by atoms with Gasteiger partial charge in [0, 0.05) is 17.6 Å². The van der Waals surface area contributed by atoms with Gasteiger partial charge < -0.3 is 4.90 Å². The minimum absolute atomic E-state index is 0.0676. The highest BCUT2D eigenvalue weighted by Crippen LogP contribution is 2.39. The van der Waals surface area contributed by atoms with Crippen LogP contribution in [0.3, 0.4) is 0 Å². The van der Waals surface area contributed by atoms with Crippen LogP contribution in [0.15, 0.2) is 41.3 Å². The van der Waals surface area contributed by atoms with Crippen molar-refractivity contribution in [3.63, 3.8) is 0 Å². The Labute approximate surface area is 160 Å². The first-order chi connectivity index (χ1) is 12.8. The van der Waals surface area contributed by atoms with E-state index < -0.39 is 10.0 Å². The minimum atomic E-state index is -3.69. The maximum Gasteiger partial charge on any atom is 0.261 e. The average Bonchev–Trinajstić information content (AvgIpc) is 3.40. The molecule has 5 nitrogen and oxygen atoms in total. The van der Waals surface area contributed by atoms with E-state index in [0.29, 0.717) is 12.1 Å². The van der Waals surface area contributed by atoms with E-state index in [-0.39, 0.29) is 22.8 Å². The second-order valence-corrected chi connectivity index (χ2v) is 9.36. The maximum absolute atomic E-state index is 12.9. The van der Waals surface area contributed by atoms with Gasteiger partial charge in [-0.1, -0.05) is 12.1 Å². The zero-order valence-electron chi connectivity index (χ0n) is 15.8. The van der Waals surface area contributed by atoms with E-state index in [4.69, 9.17) is 0 Å². The number of carbonyl (C=O) groups excluding carboxylic acids is 1. The van der Waals surface area contributed by atoms with Crippen molar-refractivity contribution in [2.24, 2.45) is 5.92 Å². The molecule has 2 aromatic carbocycles. The lowest BCUT2D eigenvalue weighted by molar-refractivity contribution is -0.120. The first kappa shape index (κ1) is 18.0. The van der Waals surface area contributed by atoms with E-state index in [1.807, 2.05) is 37.8 Å². The largest absolute Gasteiger partial charge is 0.309 e. The quantitative estimate of drug-likeness (QED) is 0.872. The van der Waals surface area contributed by atoms with Crippen LogP contribution >= 0.6 is 0 Å². The van der Waals surface area contributed by atoms with Crippen LogP contribution in [-0.2, 0) is 21.2 Å². The molecular weight excluding hydrogens is 360 g/mol. The van der Waals surface area contributed by atoms with E-state index in [1.165, 1.54) is 0 Å². The molecule has 0 spiro atoms. The number of amides is 1. The third-order valence-electron chi connectivity index (χ3n) is 5.59. The average molecular weight is 385 g/mol. The van der Waals surface area contributed by atoms with Crippen molar-refractivity contribution in [2.75, 3.05) is 9.62 Å². The molecule has 6 heteroatoms. The summed E-state index contributed by atoms with van der Waals surface area (Å²) in [5, 5.41) is 0. The van der Waals surface area contributed by atoms with E-state index in [9.17, 15) is 13.2 Å². The van der Waals surface area contributed by atoms with E-state index in [0.717, 1.165) is 35.2 Å². The van der Waals surface area contributed by atoms with Crippen molar-refractivity contribution in [3.05, 3.63) is 53.1 Å². The lowest BCUT2D eigenvalue weighted by Gasteiger charge is -2.22. The first-order valence-electron chi connectivity index (χ1n) is 9.33. The molecule has 1 fully saturated rings. The van der Waals surface area contributed by atoms with Crippen LogP contribution in [0.5, 0.6) is 0 Å². The Bertz CT molecular complexity index is 1030. The molecule has 0 bridgehead atoms. The number of rotatable bonds is 4. The van der Waals surface area contributed by atoms with Crippen LogP contribution < -0.4 is 9.62 Å². The third-order valence-corrected chi connectivity index (χ3v) is 6.95. The monoisotopic (exact) mass is 384 g/mol. The summed E-state index contributed by atoms with van der Waals surface area (Å²) in [6.07, 6.45) is 2.61. The Hall–Kier alpha value is -2.34. The number of nitrogens with one attached hydrogen (secondary N) is 1. The van der Waals surface area contributed by atoms with Crippen molar-refractivity contribution < 1.29 is 13.2 Å². The Morgan fingerprint density at radius 3 is 2.59 bits per heavy atom. The van der Waals surface area contributed by atoms with Crippen LogP contribution in [0.4, 0.5) is 11.4 Å². The van der Waals surface area contributed by atoms with Crippen LogP contribution in [0.1, 0.15) is 36.5 Å². The third kappa shape index (κ3) is 3.23. The van der Waals surface area contributed by atoms with Crippen molar-refractivity contribution >= 4 is 27.3 Å². The van der Waals surface area contributed by atoms with E-state index >= 15 is 0 Å². The Morgan fingerprint density at radius 1 is 1.15 bits per heavy atom. The second-order valence-electron chi connectivity index (χ2n) is 7.68. The number of hydrogen-bond acceptors (Lipinski definition) is 3. The SMILES string of the molecule is Cc1cccc(NS(=O)(=O)c2ccc3c(c2)C[C@@H](C)N3C(=O)C2CC2)c1C. The molecule has 0 aromatic heterocycles. The Balaban J connectivity index is 1.64. The van der Waals surface area contributed by atoms with Gasteiger partial charge in [0.2, 0.25) is 5.91 Å². The summed E-state index contributed by atoms with van der Waals surface area (Å²) in [7, 11) is -3.69. The summed E-state index contributed by atoms with van der Waals surface area (Å²) in [5.41, 5.74) is 4.31. The number of hydrogen-bond donors (Lipinski definition) is 1. The molecule has 0 radical (unpaired) electrons. The second kappa shape index (κ2) is 6.37. The molecule has 0 unspecified atom stereocenters. The summed E-state index contributed by atoms with van der Waals surface area (Å²) >= 11 is 0. The number of sulfonamides is 1. The van der Waals surface area contributed by atoms with Crippen LogP contribution in [0, 0.1) is 19.8 Å². The highest BCUT2D eigenvalue weighted by molar-refractivity contribution is 7.92.